The van der Waals surface area contributed by atoms with Crippen molar-refractivity contribution in [1.29, 1.82) is 0 Å². The molecular weight excluding hydrogens is 315 g/mol. The molecule has 1 aliphatic rings. The highest BCUT2D eigenvalue weighted by Crippen LogP contribution is 2.32. The van der Waals surface area contributed by atoms with Crippen LogP contribution in [0, 0.1) is 0 Å². The van der Waals surface area contributed by atoms with Gasteiger partial charge in [0.15, 0.2) is 5.69 Å². The molecule has 1 unspecified atom stereocenters. The van der Waals surface area contributed by atoms with Crippen LogP contribution in [0.4, 0.5) is 13.2 Å². The summed E-state index contributed by atoms with van der Waals surface area (Å²) in [6.07, 6.45) is -2.94. The molecule has 3 rings (SSSR count). The summed E-state index contributed by atoms with van der Waals surface area (Å²) < 4.78 is 37.8. The highest BCUT2D eigenvalue weighted by Gasteiger charge is 2.35. The first-order valence-electron chi connectivity index (χ1n) is 6.89. The minimum Gasteiger partial charge on any atom is -0.338 e. The van der Waals surface area contributed by atoms with Gasteiger partial charge in [0.05, 0.1) is 5.56 Å². The molecule has 2 aromatic heterocycles. The summed E-state index contributed by atoms with van der Waals surface area (Å²) in [5, 5.41) is 9.42. The number of amides is 1. The molecule has 1 N–H and O–H groups in total. The number of thiophene rings is 1. The Hall–Kier alpha value is -1.83. The number of aromatic nitrogens is 2. The topological polar surface area (TPSA) is 49.0 Å². The predicted octanol–water partition coefficient (Wildman–Crippen LogP) is 3.51. The zero-order valence-corrected chi connectivity index (χ0v) is 12.4. The van der Waals surface area contributed by atoms with Crippen molar-refractivity contribution in [2.24, 2.45) is 0 Å². The van der Waals surface area contributed by atoms with E-state index in [9.17, 15) is 18.0 Å². The van der Waals surface area contributed by atoms with Crippen LogP contribution in [0.2, 0.25) is 0 Å². The van der Waals surface area contributed by atoms with Gasteiger partial charge in [-0.05, 0) is 30.4 Å². The van der Waals surface area contributed by atoms with Crippen LogP contribution in [0.5, 0.6) is 0 Å². The number of rotatable bonds is 2. The molecular formula is C14H14F3N3OS. The van der Waals surface area contributed by atoms with E-state index in [2.05, 4.69) is 10.2 Å². The van der Waals surface area contributed by atoms with Gasteiger partial charge in [0.2, 0.25) is 0 Å². The molecule has 0 bridgehead atoms. The first-order chi connectivity index (χ1) is 10.4. The van der Waals surface area contributed by atoms with E-state index in [-0.39, 0.29) is 11.8 Å². The van der Waals surface area contributed by atoms with Crippen LogP contribution < -0.4 is 0 Å². The first kappa shape index (κ1) is 15.1. The van der Waals surface area contributed by atoms with Crippen LogP contribution in [-0.2, 0) is 6.18 Å². The van der Waals surface area contributed by atoms with Gasteiger partial charge in [0, 0.05) is 30.1 Å². The highest BCUT2D eigenvalue weighted by molar-refractivity contribution is 7.08. The summed E-state index contributed by atoms with van der Waals surface area (Å²) in [6.45, 7) is 1.04. The van der Waals surface area contributed by atoms with Gasteiger partial charge in [0.1, 0.15) is 0 Å². The third kappa shape index (κ3) is 3.01. The lowest BCUT2D eigenvalue weighted by Crippen LogP contribution is -2.39. The molecule has 8 heteroatoms. The number of H-pyrrole nitrogens is 1. The number of hydrogen-bond donors (Lipinski definition) is 1. The normalized spacial score (nSPS) is 19.4. The molecule has 2 aromatic rings. The van der Waals surface area contributed by atoms with E-state index in [1.54, 1.807) is 16.3 Å². The number of aromatic amines is 1. The summed E-state index contributed by atoms with van der Waals surface area (Å²) in [5.74, 6) is -0.207. The van der Waals surface area contributed by atoms with E-state index in [1.165, 1.54) is 11.3 Å². The minimum absolute atomic E-state index is 0.0680. The van der Waals surface area contributed by atoms with E-state index in [0.717, 1.165) is 18.9 Å². The van der Waals surface area contributed by atoms with Crippen LogP contribution >= 0.6 is 11.3 Å². The number of halogens is 3. The van der Waals surface area contributed by atoms with Crippen LogP contribution in [0.25, 0.3) is 0 Å². The molecule has 0 radical (unpaired) electrons. The van der Waals surface area contributed by atoms with E-state index in [4.69, 9.17) is 0 Å². The quantitative estimate of drug-likeness (QED) is 0.916. The molecule has 4 nitrogen and oxygen atoms in total. The van der Waals surface area contributed by atoms with Crippen molar-refractivity contribution in [2.75, 3.05) is 13.1 Å². The van der Waals surface area contributed by atoms with Gasteiger partial charge in [-0.2, -0.15) is 29.6 Å². The third-order valence-electron chi connectivity index (χ3n) is 3.80. The van der Waals surface area contributed by atoms with E-state index in [1.807, 2.05) is 5.38 Å². The Morgan fingerprint density at radius 2 is 2.27 bits per heavy atom. The maximum atomic E-state index is 12.6. The fourth-order valence-corrected chi connectivity index (χ4v) is 3.30. The summed E-state index contributed by atoms with van der Waals surface area (Å²) in [4.78, 5) is 14.0. The van der Waals surface area contributed by atoms with Gasteiger partial charge in [0.25, 0.3) is 5.91 Å². The number of nitrogens with one attached hydrogen (secondary N) is 1. The zero-order valence-electron chi connectivity index (χ0n) is 11.6. The Morgan fingerprint density at radius 3 is 2.91 bits per heavy atom. The average molecular weight is 329 g/mol. The van der Waals surface area contributed by atoms with Crippen molar-refractivity contribution in [3.05, 3.63) is 39.8 Å². The number of carbonyl (C=O) groups excluding carboxylic acids is 1. The van der Waals surface area contributed by atoms with E-state index >= 15 is 0 Å². The number of piperidine rings is 1. The van der Waals surface area contributed by atoms with Gasteiger partial charge >= 0.3 is 6.18 Å². The van der Waals surface area contributed by atoms with E-state index < -0.39 is 11.9 Å². The molecule has 1 fully saturated rings. The lowest BCUT2D eigenvalue weighted by atomic mass is 9.94. The van der Waals surface area contributed by atoms with Gasteiger partial charge in [-0.15, -0.1) is 0 Å². The Balaban J connectivity index is 1.73. The average Bonchev–Trinajstić information content (AvgIpc) is 3.17. The number of hydrogen-bond acceptors (Lipinski definition) is 3. The molecule has 3 heterocycles. The minimum atomic E-state index is -4.45. The Labute approximate surface area is 128 Å². The smallest absolute Gasteiger partial charge is 0.338 e. The standard InChI is InChI=1S/C14H14F3N3OS/c15-14(16,17)12-6-11(18-19-12)9-2-1-4-20(7-9)13(21)10-3-5-22-8-10/h3,5-6,8-9H,1-2,4,7H2,(H,18,19). The van der Waals surface area contributed by atoms with Crippen molar-refractivity contribution in [1.82, 2.24) is 15.1 Å². The molecule has 22 heavy (non-hydrogen) atoms. The molecule has 118 valence electrons. The van der Waals surface area contributed by atoms with Crippen molar-refractivity contribution in [3.8, 4) is 0 Å². The SMILES string of the molecule is O=C(c1ccsc1)N1CCCC(c2cc(C(F)(F)F)n[nH]2)C1. The van der Waals surface area contributed by atoms with Crippen LogP contribution in [0.1, 0.15) is 40.5 Å². The third-order valence-corrected chi connectivity index (χ3v) is 4.49. The molecule has 0 aromatic carbocycles. The van der Waals surface area contributed by atoms with Gasteiger partial charge in [-0.3, -0.25) is 9.89 Å². The molecule has 1 aliphatic heterocycles. The largest absolute Gasteiger partial charge is 0.435 e. The molecule has 0 saturated carbocycles. The summed E-state index contributed by atoms with van der Waals surface area (Å²) in [6, 6.07) is 2.80. The predicted molar refractivity (Wildman–Crippen MR) is 75.8 cm³/mol. The summed E-state index contributed by atoms with van der Waals surface area (Å²) in [7, 11) is 0. The molecule has 1 atom stereocenters. The van der Waals surface area contributed by atoms with Crippen molar-refractivity contribution >= 4 is 17.2 Å². The maximum Gasteiger partial charge on any atom is 0.435 e. The van der Waals surface area contributed by atoms with Gasteiger partial charge in [-0.1, -0.05) is 0 Å². The molecule has 1 amide bonds. The number of carbonyl (C=O) groups is 1. The second kappa shape index (κ2) is 5.75. The lowest BCUT2D eigenvalue weighted by molar-refractivity contribution is -0.141. The van der Waals surface area contributed by atoms with Crippen molar-refractivity contribution < 1.29 is 18.0 Å². The van der Waals surface area contributed by atoms with E-state index in [0.29, 0.717) is 24.3 Å². The Bertz CT molecular complexity index is 651. The van der Waals surface area contributed by atoms with Crippen molar-refractivity contribution in [2.45, 2.75) is 24.9 Å². The maximum absolute atomic E-state index is 12.6. The monoisotopic (exact) mass is 329 g/mol. The van der Waals surface area contributed by atoms with Crippen LogP contribution in [0.15, 0.2) is 22.9 Å². The molecule has 1 saturated heterocycles. The summed E-state index contributed by atoms with van der Waals surface area (Å²) >= 11 is 1.45. The molecule has 0 aliphatic carbocycles. The number of nitrogens with zero attached hydrogens (tertiary/aromatic N) is 2. The Morgan fingerprint density at radius 1 is 1.45 bits per heavy atom. The second-order valence-corrected chi connectivity index (χ2v) is 6.09. The second-order valence-electron chi connectivity index (χ2n) is 5.31. The molecule has 0 spiro atoms. The fraction of sp³-hybridized carbons (Fsp3) is 0.429. The Kier molecular flexibility index (Phi) is 3.94. The van der Waals surface area contributed by atoms with Crippen LogP contribution in [-0.4, -0.2) is 34.1 Å². The van der Waals surface area contributed by atoms with Crippen LogP contribution in [0.3, 0.4) is 0 Å². The zero-order chi connectivity index (χ0) is 15.7. The number of likely N-dealkylation sites (tertiary alicyclic amines) is 1. The van der Waals surface area contributed by atoms with Gasteiger partial charge in [-0.25, -0.2) is 0 Å². The van der Waals surface area contributed by atoms with Crippen molar-refractivity contribution in [3.63, 3.8) is 0 Å². The highest BCUT2D eigenvalue weighted by atomic mass is 32.1. The number of alkyl halides is 3. The van der Waals surface area contributed by atoms with Gasteiger partial charge < -0.3 is 4.90 Å². The lowest BCUT2D eigenvalue weighted by Gasteiger charge is -2.32. The fourth-order valence-electron chi connectivity index (χ4n) is 2.68. The first-order valence-corrected chi connectivity index (χ1v) is 7.83. The summed E-state index contributed by atoms with van der Waals surface area (Å²) in [5.41, 5.74) is 0.158.